The zero-order valence-electron chi connectivity index (χ0n) is 11.2. The highest BCUT2D eigenvalue weighted by atomic mass is 16.3. The molecule has 1 atom stereocenters. The van der Waals surface area contributed by atoms with Gasteiger partial charge in [0.15, 0.2) is 0 Å². The van der Waals surface area contributed by atoms with Crippen LogP contribution in [0.5, 0.6) is 0 Å². The number of fused-ring (bicyclic) bond motifs is 1. The van der Waals surface area contributed by atoms with Crippen LogP contribution >= 0.6 is 0 Å². The molecule has 2 N–H and O–H groups in total. The Morgan fingerprint density at radius 3 is 2.47 bits per heavy atom. The molecule has 0 aliphatic rings. The van der Waals surface area contributed by atoms with Gasteiger partial charge >= 0.3 is 0 Å². The maximum Gasteiger partial charge on any atom is 0.134 e. The maximum atomic E-state index is 6.31. The van der Waals surface area contributed by atoms with Gasteiger partial charge in [-0.25, -0.2) is 0 Å². The van der Waals surface area contributed by atoms with Crippen molar-refractivity contribution >= 4 is 11.0 Å². The van der Waals surface area contributed by atoms with Crippen molar-refractivity contribution in [3.63, 3.8) is 0 Å². The molecule has 1 aromatic heterocycles. The third-order valence-electron chi connectivity index (χ3n) is 3.64. The van der Waals surface area contributed by atoms with E-state index in [1.165, 1.54) is 11.1 Å². The summed E-state index contributed by atoms with van der Waals surface area (Å²) in [5, 5.41) is 1.09. The summed E-state index contributed by atoms with van der Waals surface area (Å²) in [6, 6.07) is 16.1. The van der Waals surface area contributed by atoms with Gasteiger partial charge in [0.25, 0.3) is 0 Å². The van der Waals surface area contributed by atoms with Gasteiger partial charge < -0.3 is 10.2 Å². The molecule has 2 nitrogen and oxygen atoms in total. The molecule has 96 valence electrons. The summed E-state index contributed by atoms with van der Waals surface area (Å²) < 4.78 is 5.83. The van der Waals surface area contributed by atoms with Crippen LogP contribution in [0.1, 0.15) is 28.5 Å². The number of hydrogen-bond donors (Lipinski definition) is 1. The minimum Gasteiger partial charge on any atom is -0.459 e. The molecule has 0 bridgehead atoms. The van der Waals surface area contributed by atoms with Crippen molar-refractivity contribution in [3.05, 3.63) is 71.0 Å². The summed E-state index contributed by atoms with van der Waals surface area (Å²) in [5.74, 6) is 0.810. The lowest BCUT2D eigenvalue weighted by Gasteiger charge is -2.11. The molecule has 0 amide bonds. The Morgan fingerprint density at radius 2 is 1.74 bits per heavy atom. The average Bonchev–Trinajstić information content (AvgIpc) is 2.85. The Bertz CT molecular complexity index is 694. The fourth-order valence-corrected chi connectivity index (χ4v) is 2.28. The Balaban J connectivity index is 2.02. The van der Waals surface area contributed by atoms with Crippen LogP contribution in [0.3, 0.4) is 0 Å². The number of furan rings is 1. The van der Waals surface area contributed by atoms with Gasteiger partial charge in [0.1, 0.15) is 11.3 Å². The molecule has 1 heterocycles. The summed E-state index contributed by atoms with van der Waals surface area (Å²) in [6.07, 6.45) is 0. The van der Waals surface area contributed by atoms with Gasteiger partial charge in [-0.1, -0.05) is 36.4 Å². The van der Waals surface area contributed by atoms with Crippen LogP contribution in [0.4, 0.5) is 0 Å². The largest absolute Gasteiger partial charge is 0.459 e. The first-order valence-electron chi connectivity index (χ1n) is 6.46. The fraction of sp³-hybridized carbons (Fsp3) is 0.176. The van der Waals surface area contributed by atoms with Crippen LogP contribution in [-0.2, 0) is 0 Å². The minimum atomic E-state index is -0.216. The van der Waals surface area contributed by atoms with E-state index in [1.807, 2.05) is 30.3 Å². The Labute approximate surface area is 112 Å². The summed E-state index contributed by atoms with van der Waals surface area (Å²) in [7, 11) is 0. The molecule has 1 unspecified atom stereocenters. The van der Waals surface area contributed by atoms with Gasteiger partial charge in [0.2, 0.25) is 0 Å². The molecule has 0 saturated carbocycles. The Kier molecular flexibility index (Phi) is 2.88. The van der Waals surface area contributed by atoms with Crippen LogP contribution in [0, 0.1) is 13.8 Å². The van der Waals surface area contributed by atoms with E-state index in [1.54, 1.807) is 0 Å². The predicted molar refractivity (Wildman–Crippen MR) is 78.2 cm³/mol. The van der Waals surface area contributed by atoms with E-state index >= 15 is 0 Å². The van der Waals surface area contributed by atoms with Crippen molar-refractivity contribution in [3.8, 4) is 0 Å². The van der Waals surface area contributed by atoms with Gasteiger partial charge in [0.05, 0.1) is 6.04 Å². The molecule has 2 aromatic carbocycles. The zero-order valence-corrected chi connectivity index (χ0v) is 11.2. The first-order valence-corrected chi connectivity index (χ1v) is 6.46. The molecule has 0 fully saturated rings. The van der Waals surface area contributed by atoms with Crippen LogP contribution < -0.4 is 5.73 Å². The second-order valence-corrected chi connectivity index (χ2v) is 5.01. The van der Waals surface area contributed by atoms with E-state index in [0.717, 1.165) is 22.3 Å². The van der Waals surface area contributed by atoms with Gasteiger partial charge in [-0.2, -0.15) is 0 Å². The van der Waals surface area contributed by atoms with E-state index in [4.69, 9.17) is 10.2 Å². The van der Waals surface area contributed by atoms with Crippen molar-refractivity contribution in [2.75, 3.05) is 0 Å². The first-order chi connectivity index (χ1) is 9.15. The summed E-state index contributed by atoms with van der Waals surface area (Å²) >= 11 is 0. The number of rotatable bonds is 2. The number of hydrogen-bond acceptors (Lipinski definition) is 2. The first kappa shape index (κ1) is 12.0. The lowest BCUT2D eigenvalue weighted by atomic mass is 10.00. The van der Waals surface area contributed by atoms with Gasteiger partial charge in [-0.05, 0) is 42.7 Å². The SMILES string of the molecule is Cc1ccc(C(N)c2cc3ccccc3o2)cc1C. The Hall–Kier alpha value is -2.06. The topological polar surface area (TPSA) is 39.2 Å². The average molecular weight is 251 g/mol. The number of para-hydroxylation sites is 1. The van der Waals surface area contributed by atoms with Crippen molar-refractivity contribution in [1.29, 1.82) is 0 Å². The van der Waals surface area contributed by atoms with Crippen molar-refractivity contribution < 1.29 is 4.42 Å². The molecule has 0 spiro atoms. The summed E-state index contributed by atoms with van der Waals surface area (Å²) in [4.78, 5) is 0. The van der Waals surface area contributed by atoms with Crippen LogP contribution in [0.25, 0.3) is 11.0 Å². The monoisotopic (exact) mass is 251 g/mol. The van der Waals surface area contributed by atoms with E-state index in [9.17, 15) is 0 Å². The third kappa shape index (κ3) is 2.15. The van der Waals surface area contributed by atoms with Crippen LogP contribution in [0.15, 0.2) is 52.9 Å². The van der Waals surface area contributed by atoms with E-state index in [2.05, 4.69) is 32.0 Å². The van der Waals surface area contributed by atoms with Crippen molar-refractivity contribution in [1.82, 2.24) is 0 Å². The molecule has 19 heavy (non-hydrogen) atoms. The quantitative estimate of drug-likeness (QED) is 0.744. The second-order valence-electron chi connectivity index (χ2n) is 5.01. The van der Waals surface area contributed by atoms with E-state index in [0.29, 0.717) is 0 Å². The fourth-order valence-electron chi connectivity index (χ4n) is 2.28. The third-order valence-corrected chi connectivity index (χ3v) is 3.64. The second kappa shape index (κ2) is 4.56. The standard InChI is InChI=1S/C17H17NO/c1-11-7-8-14(9-12(11)2)17(18)16-10-13-5-3-4-6-15(13)19-16/h3-10,17H,18H2,1-2H3. The molecular formula is C17H17NO. The van der Waals surface area contributed by atoms with E-state index < -0.39 is 0 Å². The number of aryl methyl sites for hydroxylation is 2. The molecule has 0 radical (unpaired) electrons. The van der Waals surface area contributed by atoms with Gasteiger partial charge in [-0.15, -0.1) is 0 Å². The minimum absolute atomic E-state index is 0.216. The Morgan fingerprint density at radius 1 is 0.947 bits per heavy atom. The highest BCUT2D eigenvalue weighted by Gasteiger charge is 2.14. The molecule has 0 aliphatic heterocycles. The van der Waals surface area contributed by atoms with E-state index in [-0.39, 0.29) is 6.04 Å². The normalized spacial score (nSPS) is 12.8. The van der Waals surface area contributed by atoms with Gasteiger partial charge in [0, 0.05) is 5.39 Å². The molecule has 0 saturated heterocycles. The predicted octanol–water partition coefficient (Wildman–Crippen LogP) is 4.10. The van der Waals surface area contributed by atoms with Crippen LogP contribution in [-0.4, -0.2) is 0 Å². The van der Waals surface area contributed by atoms with Crippen molar-refractivity contribution in [2.45, 2.75) is 19.9 Å². The highest BCUT2D eigenvalue weighted by Crippen LogP contribution is 2.27. The lowest BCUT2D eigenvalue weighted by molar-refractivity contribution is 0.525. The smallest absolute Gasteiger partial charge is 0.134 e. The highest BCUT2D eigenvalue weighted by molar-refractivity contribution is 5.77. The number of nitrogens with two attached hydrogens (primary N) is 1. The molecule has 0 aliphatic carbocycles. The van der Waals surface area contributed by atoms with Crippen LogP contribution in [0.2, 0.25) is 0 Å². The summed E-state index contributed by atoms with van der Waals surface area (Å²) in [6.45, 7) is 4.20. The van der Waals surface area contributed by atoms with Gasteiger partial charge in [-0.3, -0.25) is 0 Å². The molecule has 2 heteroatoms. The zero-order chi connectivity index (χ0) is 13.4. The molecular weight excluding hydrogens is 234 g/mol. The lowest BCUT2D eigenvalue weighted by Crippen LogP contribution is -2.11. The number of benzene rings is 2. The maximum absolute atomic E-state index is 6.31. The molecule has 3 rings (SSSR count). The van der Waals surface area contributed by atoms with Crippen molar-refractivity contribution in [2.24, 2.45) is 5.73 Å². The summed E-state index contributed by atoms with van der Waals surface area (Å²) in [5.41, 5.74) is 10.8. The molecule has 3 aromatic rings.